The molecule has 14 heavy (non-hydrogen) atoms. The van der Waals surface area contributed by atoms with Gasteiger partial charge in [-0.2, -0.15) is 0 Å². The van der Waals surface area contributed by atoms with Crippen molar-refractivity contribution in [3.63, 3.8) is 0 Å². The Morgan fingerprint density at radius 1 is 1.36 bits per heavy atom. The van der Waals surface area contributed by atoms with Gasteiger partial charge in [-0.1, -0.05) is 35.9 Å². The quantitative estimate of drug-likeness (QED) is 0.718. The second kappa shape index (κ2) is 3.97. The van der Waals surface area contributed by atoms with Crippen LogP contribution in [0.25, 0.3) is 5.57 Å². The predicted molar refractivity (Wildman–Crippen MR) is 59.0 cm³/mol. The summed E-state index contributed by atoms with van der Waals surface area (Å²) >= 11 is 0. The molecule has 0 spiro atoms. The van der Waals surface area contributed by atoms with E-state index in [9.17, 15) is 5.11 Å². The Hall–Kier alpha value is -1.08. The van der Waals surface area contributed by atoms with Gasteiger partial charge in [-0.05, 0) is 37.3 Å². The fourth-order valence-electron chi connectivity index (χ4n) is 1.93. The summed E-state index contributed by atoms with van der Waals surface area (Å²) in [5.41, 5.74) is 4.01. The average Bonchev–Trinajstić information content (AvgIpc) is 2.19. The molecule has 2 rings (SSSR count). The van der Waals surface area contributed by atoms with Gasteiger partial charge in [0.05, 0.1) is 6.10 Å². The maximum atomic E-state index is 9.38. The average molecular weight is 188 g/mol. The first-order valence-electron chi connectivity index (χ1n) is 5.20. The van der Waals surface area contributed by atoms with E-state index in [1.165, 1.54) is 16.7 Å². The van der Waals surface area contributed by atoms with Gasteiger partial charge in [0.25, 0.3) is 0 Å². The minimum absolute atomic E-state index is 0.122. The predicted octanol–water partition coefficient (Wildman–Crippen LogP) is 2.92. The van der Waals surface area contributed by atoms with Crippen molar-refractivity contribution in [3.05, 3.63) is 41.5 Å². The van der Waals surface area contributed by atoms with E-state index in [1.54, 1.807) is 0 Å². The fourth-order valence-corrected chi connectivity index (χ4v) is 1.93. The van der Waals surface area contributed by atoms with E-state index in [1.807, 2.05) is 0 Å². The van der Waals surface area contributed by atoms with Crippen molar-refractivity contribution < 1.29 is 5.11 Å². The van der Waals surface area contributed by atoms with Crippen LogP contribution >= 0.6 is 0 Å². The lowest BCUT2D eigenvalue weighted by Gasteiger charge is -2.17. The van der Waals surface area contributed by atoms with E-state index >= 15 is 0 Å². The maximum Gasteiger partial charge on any atom is 0.0578 e. The number of allylic oxidation sites excluding steroid dienone is 1. The van der Waals surface area contributed by atoms with E-state index in [-0.39, 0.29) is 6.10 Å². The van der Waals surface area contributed by atoms with Gasteiger partial charge in [-0.25, -0.2) is 0 Å². The third-order valence-corrected chi connectivity index (χ3v) is 2.77. The molecular weight excluding hydrogens is 172 g/mol. The Bertz CT molecular complexity index is 352. The molecule has 0 unspecified atom stereocenters. The standard InChI is InChI=1S/C13H16O/c1-10-3-2-4-12(9-10)11-5-7-13(14)8-6-11/h2-5,9,13-14H,6-8H2,1H3/t13-/m0/s1. The zero-order valence-electron chi connectivity index (χ0n) is 8.53. The number of rotatable bonds is 1. The highest BCUT2D eigenvalue weighted by Gasteiger charge is 2.12. The molecule has 1 aliphatic rings. The molecule has 0 bridgehead atoms. The van der Waals surface area contributed by atoms with Gasteiger partial charge in [-0.3, -0.25) is 0 Å². The Balaban J connectivity index is 2.23. The van der Waals surface area contributed by atoms with Crippen molar-refractivity contribution in [2.24, 2.45) is 0 Å². The Morgan fingerprint density at radius 3 is 2.86 bits per heavy atom. The lowest BCUT2D eigenvalue weighted by Crippen LogP contribution is -2.09. The molecule has 0 fully saturated rings. The van der Waals surface area contributed by atoms with Crippen molar-refractivity contribution in [3.8, 4) is 0 Å². The van der Waals surface area contributed by atoms with Crippen molar-refractivity contribution in [1.29, 1.82) is 0 Å². The molecule has 0 aliphatic heterocycles. The summed E-state index contributed by atoms with van der Waals surface area (Å²) in [6.07, 6.45) is 4.76. The zero-order chi connectivity index (χ0) is 9.97. The highest BCUT2D eigenvalue weighted by molar-refractivity contribution is 5.66. The summed E-state index contributed by atoms with van der Waals surface area (Å²) in [5.74, 6) is 0. The van der Waals surface area contributed by atoms with E-state index in [2.05, 4.69) is 37.3 Å². The van der Waals surface area contributed by atoms with Crippen LogP contribution in [-0.4, -0.2) is 11.2 Å². The van der Waals surface area contributed by atoms with Gasteiger partial charge in [0.2, 0.25) is 0 Å². The third kappa shape index (κ3) is 2.05. The summed E-state index contributed by atoms with van der Waals surface area (Å²) in [4.78, 5) is 0. The second-order valence-corrected chi connectivity index (χ2v) is 4.03. The number of hydrogen-bond donors (Lipinski definition) is 1. The number of aliphatic hydroxyl groups is 1. The number of aryl methyl sites for hydroxylation is 1. The first-order chi connectivity index (χ1) is 6.75. The molecule has 1 nitrogen and oxygen atoms in total. The largest absolute Gasteiger partial charge is 0.393 e. The molecule has 1 aliphatic carbocycles. The van der Waals surface area contributed by atoms with Crippen LogP contribution in [0.5, 0.6) is 0 Å². The monoisotopic (exact) mass is 188 g/mol. The molecule has 0 amide bonds. The molecule has 0 aromatic heterocycles. The van der Waals surface area contributed by atoms with Gasteiger partial charge >= 0.3 is 0 Å². The molecule has 74 valence electrons. The summed E-state index contributed by atoms with van der Waals surface area (Å²) in [6, 6.07) is 8.57. The van der Waals surface area contributed by atoms with Crippen LogP contribution in [0.3, 0.4) is 0 Å². The molecular formula is C13H16O. The summed E-state index contributed by atoms with van der Waals surface area (Å²) in [6.45, 7) is 2.11. The van der Waals surface area contributed by atoms with Gasteiger partial charge < -0.3 is 5.11 Å². The highest BCUT2D eigenvalue weighted by Crippen LogP contribution is 2.27. The van der Waals surface area contributed by atoms with Crippen molar-refractivity contribution in [2.45, 2.75) is 32.3 Å². The smallest absolute Gasteiger partial charge is 0.0578 e. The van der Waals surface area contributed by atoms with Gasteiger partial charge in [-0.15, -0.1) is 0 Å². The first kappa shape index (κ1) is 9.47. The Morgan fingerprint density at radius 2 is 2.21 bits per heavy atom. The van der Waals surface area contributed by atoms with E-state index in [0.717, 1.165) is 19.3 Å². The minimum Gasteiger partial charge on any atom is -0.393 e. The Kier molecular flexibility index (Phi) is 2.69. The van der Waals surface area contributed by atoms with Crippen LogP contribution in [0, 0.1) is 6.92 Å². The van der Waals surface area contributed by atoms with E-state index in [0.29, 0.717) is 0 Å². The van der Waals surface area contributed by atoms with Gasteiger partial charge in [0.1, 0.15) is 0 Å². The topological polar surface area (TPSA) is 20.2 Å². The second-order valence-electron chi connectivity index (χ2n) is 4.03. The zero-order valence-corrected chi connectivity index (χ0v) is 8.53. The number of benzene rings is 1. The molecule has 1 aromatic rings. The minimum atomic E-state index is -0.122. The molecule has 1 atom stereocenters. The van der Waals surface area contributed by atoms with Crippen LogP contribution in [0.4, 0.5) is 0 Å². The summed E-state index contributed by atoms with van der Waals surface area (Å²) < 4.78 is 0. The Labute approximate surface area is 85.1 Å². The molecule has 0 radical (unpaired) electrons. The molecule has 0 saturated heterocycles. The molecule has 1 aromatic carbocycles. The summed E-state index contributed by atoms with van der Waals surface area (Å²) in [5, 5.41) is 9.38. The fraction of sp³-hybridized carbons (Fsp3) is 0.385. The van der Waals surface area contributed by atoms with Gasteiger partial charge in [0.15, 0.2) is 0 Å². The molecule has 1 N–H and O–H groups in total. The van der Waals surface area contributed by atoms with Gasteiger partial charge in [0, 0.05) is 0 Å². The van der Waals surface area contributed by atoms with E-state index in [4.69, 9.17) is 0 Å². The van der Waals surface area contributed by atoms with Crippen LogP contribution in [0.2, 0.25) is 0 Å². The van der Waals surface area contributed by atoms with Crippen LogP contribution in [-0.2, 0) is 0 Å². The number of hydrogen-bond acceptors (Lipinski definition) is 1. The van der Waals surface area contributed by atoms with Crippen molar-refractivity contribution in [1.82, 2.24) is 0 Å². The normalized spacial score (nSPS) is 21.9. The van der Waals surface area contributed by atoms with Crippen LogP contribution < -0.4 is 0 Å². The SMILES string of the molecule is Cc1cccc(C2=CC[C@H](O)CC2)c1. The molecule has 1 heteroatoms. The lowest BCUT2D eigenvalue weighted by molar-refractivity contribution is 0.166. The maximum absolute atomic E-state index is 9.38. The van der Waals surface area contributed by atoms with Crippen LogP contribution in [0.15, 0.2) is 30.3 Å². The number of aliphatic hydroxyl groups excluding tert-OH is 1. The third-order valence-electron chi connectivity index (χ3n) is 2.77. The first-order valence-corrected chi connectivity index (χ1v) is 5.20. The lowest BCUT2D eigenvalue weighted by atomic mass is 9.91. The molecule has 0 heterocycles. The highest BCUT2D eigenvalue weighted by atomic mass is 16.3. The van der Waals surface area contributed by atoms with Crippen molar-refractivity contribution in [2.75, 3.05) is 0 Å². The summed E-state index contributed by atoms with van der Waals surface area (Å²) in [7, 11) is 0. The van der Waals surface area contributed by atoms with Crippen LogP contribution in [0.1, 0.15) is 30.4 Å². The van der Waals surface area contributed by atoms with Crippen molar-refractivity contribution >= 4 is 5.57 Å². The van der Waals surface area contributed by atoms with E-state index < -0.39 is 0 Å². The molecule has 0 saturated carbocycles.